The minimum absolute atomic E-state index is 0.0705. The van der Waals surface area contributed by atoms with Crippen molar-refractivity contribution in [3.05, 3.63) is 48.2 Å². The number of hydrogen-bond acceptors (Lipinski definition) is 5. The van der Waals surface area contributed by atoms with E-state index in [2.05, 4.69) is 34.6 Å². The lowest BCUT2D eigenvalue weighted by atomic mass is 10.1. The van der Waals surface area contributed by atoms with Gasteiger partial charge in [-0.25, -0.2) is 0 Å². The lowest BCUT2D eigenvalue weighted by Gasteiger charge is -2.06. The Bertz CT molecular complexity index is 841. The predicted octanol–water partition coefficient (Wildman–Crippen LogP) is 4.15. The molecule has 0 saturated carbocycles. The smallest absolute Gasteiger partial charge is 0.234 e. The van der Waals surface area contributed by atoms with Crippen molar-refractivity contribution in [3.63, 3.8) is 0 Å². The van der Waals surface area contributed by atoms with Crippen molar-refractivity contribution in [3.8, 4) is 11.6 Å². The first-order chi connectivity index (χ1) is 12.7. The van der Waals surface area contributed by atoms with Crippen molar-refractivity contribution < 1.29 is 9.21 Å². The fourth-order valence-electron chi connectivity index (χ4n) is 2.52. The van der Waals surface area contributed by atoms with Gasteiger partial charge in [-0.2, -0.15) is 0 Å². The summed E-state index contributed by atoms with van der Waals surface area (Å²) in [6.07, 6.45) is 5.03. The number of hydrogen-bond donors (Lipinski definition) is 1. The molecule has 0 aliphatic heterocycles. The van der Waals surface area contributed by atoms with Gasteiger partial charge in [0.2, 0.25) is 5.91 Å². The van der Waals surface area contributed by atoms with Gasteiger partial charge in [0, 0.05) is 12.7 Å². The van der Waals surface area contributed by atoms with Crippen LogP contribution in [0.1, 0.15) is 25.3 Å². The molecule has 7 heteroatoms. The maximum Gasteiger partial charge on any atom is 0.234 e. The summed E-state index contributed by atoms with van der Waals surface area (Å²) < 4.78 is 7.16. The minimum Gasteiger partial charge on any atom is -0.461 e. The lowest BCUT2D eigenvalue weighted by molar-refractivity contribution is -0.113. The Morgan fingerprint density at radius 2 is 2.04 bits per heavy atom. The van der Waals surface area contributed by atoms with Gasteiger partial charge in [-0.15, -0.1) is 10.2 Å². The van der Waals surface area contributed by atoms with E-state index in [4.69, 9.17) is 4.42 Å². The molecule has 1 amide bonds. The fraction of sp³-hybridized carbons (Fsp3) is 0.316. The number of anilines is 1. The zero-order valence-electron chi connectivity index (χ0n) is 14.9. The largest absolute Gasteiger partial charge is 0.461 e. The highest BCUT2D eigenvalue weighted by Gasteiger charge is 2.14. The normalized spacial score (nSPS) is 10.8. The second-order valence-corrected chi connectivity index (χ2v) is 6.92. The van der Waals surface area contributed by atoms with Crippen LogP contribution in [0.15, 0.2) is 52.2 Å². The van der Waals surface area contributed by atoms with E-state index in [0.29, 0.717) is 16.7 Å². The molecular weight excluding hydrogens is 348 g/mol. The van der Waals surface area contributed by atoms with E-state index in [1.165, 1.54) is 30.2 Å². The van der Waals surface area contributed by atoms with Crippen molar-refractivity contribution in [2.24, 2.45) is 7.05 Å². The molecule has 0 bridgehead atoms. The second kappa shape index (κ2) is 8.71. The Hall–Kier alpha value is -2.54. The van der Waals surface area contributed by atoms with Gasteiger partial charge in [0.1, 0.15) is 0 Å². The van der Waals surface area contributed by atoms with E-state index >= 15 is 0 Å². The highest BCUT2D eigenvalue weighted by molar-refractivity contribution is 7.99. The van der Waals surface area contributed by atoms with Crippen LogP contribution in [0.5, 0.6) is 0 Å². The van der Waals surface area contributed by atoms with E-state index in [0.717, 1.165) is 12.1 Å². The van der Waals surface area contributed by atoms with Crippen molar-refractivity contribution in [2.75, 3.05) is 11.1 Å². The molecule has 0 radical (unpaired) electrons. The van der Waals surface area contributed by atoms with Crippen LogP contribution in [0.3, 0.4) is 0 Å². The minimum atomic E-state index is -0.0705. The van der Waals surface area contributed by atoms with Crippen molar-refractivity contribution in [1.29, 1.82) is 0 Å². The van der Waals surface area contributed by atoms with Crippen LogP contribution < -0.4 is 5.32 Å². The molecule has 136 valence electrons. The van der Waals surface area contributed by atoms with Crippen LogP contribution in [-0.2, 0) is 18.3 Å². The third-order valence-electron chi connectivity index (χ3n) is 3.97. The molecule has 0 atom stereocenters. The van der Waals surface area contributed by atoms with Gasteiger partial charge in [-0.05, 0) is 42.7 Å². The third-order valence-corrected chi connectivity index (χ3v) is 4.99. The topological polar surface area (TPSA) is 73.0 Å². The standard InChI is InChI=1S/C19H22N4O2S/c1-3-4-6-14-8-10-15(11-9-14)20-17(24)13-26-19-22-21-18(23(19)2)16-7-5-12-25-16/h5,7-12H,3-4,6,13H2,1-2H3,(H,20,24). The number of amides is 1. The summed E-state index contributed by atoms with van der Waals surface area (Å²) in [6.45, 7) is 2.18. The average Bonchev–Trinajstić information content (AvgIpc) is 3.29. The lowest BCUT2D eigenvalue weighted by Crippen LogP contribution is -2.14. The van der Waals surface area contributed by atoms with E-state index in [1.807, 2.05) is 29.8 Å². The fourth-order valence-corrected chi connectivity index (χ4v) is 3.23. The summed E-state index contributed by atoms with van der Waals surface area (Å²) >= 11 is 1.34. The number of aryl methyl sites for hydroxylation is 1. The van der Waals surface area contributed by atoms with Crippen LogP contribution >= 0.6 is 11.8 Å². The summed E-state index contributed by atoms with van der Waals surface area (Å²) in [7, 11) is 1.85. The predicted molar refractivity (Wildman–Crippen MR) is 103 cm³/mol. The molecule has 0 aliphatic rings. The maximum absolute atomic E-state index is 12.2. The highest BCUT2D eigenvalue weighted by Crippen LogP contribution is 2.23. The number of carbonyl (C=O) groups excluding carboxylic acids is 1. The van der Waals surface area contributed by atoms with Gasteiger partial charge in [0.15, 0.2) is 16.7 Å². The molecule has 2 aromatic heterocycles. The molecule has 26 heavy (non-hydrogen) atoms. The van der Waals surface area contributed by atoms with Gasteiger partial charge < -0.3 is 14.3 Å². The van der Waals surface area contributed by atoms with Gasteiger partial charge in [0.25, 0.3) is 0 Å². The number of aromatic nitrogens is 3. The van der Waals surface area contributed by atoms with Crippen LogP contribution in [0, 0.1) is 0 Å². The SMILES string of the molecule is CCCCc1ccc(NC(=O)CSc2nnc(-c3ccco3)n2C)cc1. The first kappa shape index (κ1) is 18.3. The molecule has 3 aromatic rings. The van der Waals surface area contributed by atoms with Crippen LogP contribution in [0.2, 0.25) is 0 Å². The van der Waals surface area contributed by atoms with Crippen LogP contribution in [0.4, 0.5) is 5.69 Å². The number of rotatable bonds is 8. The van der Waals surface area contributed by atoms with Gasteiger partial charge >= 0.3 is 0 Å². The summed E-state index contributed by atoms with van der Waals surface area (Å²) in [6, 6.07) is 11.7. The Morgan fingerprint density at radius 1 is 1.23 bits per heavy atom. The zero-order chi connectivity index (χ0) is 18.4. The molecule has 0 aliphatic carbocycles. The van der Waals surface area contributed by atoms with E-state index in [-0.39, 0.29) is 11.7 Å². The Balaban J connectivity index is 1.53. The number of carbonyl (C=O) groups is 1. The Labute approximate surface area is 157 Å². The molecule has 0 spiro atoms. The van der Waals surface area contributed by atoms with Crippen molar-refractivity contribution in [2.45, 2.75) is 31.3 Å². The van der Waals surface area contributed by atoms with Crippen LogP contribution in [0.25, 0.3) is 11.6 Å². The molecule has 0 unspecified atom stereocenters. The number of unbranched alkanes of at least 4 members (excludes halogenated alkanes) is 1. The first-order valence-electron chi connectivity index (χ1n) is 8.62. The number of nitrogens with zero attached hydrogens (tertiary/aromatic N) is 3. The molecule has 1 aromatic carbocycles. The highest BCUT2D eigenvalue weighted by atomic mass is 32.2. The molecule has 2 heterocycles. The second-order valence-electron chi connectivity index (χ2n) is 5.98. The molecule has 0 saturated heterocycles. The Morgan fingerprint density at radius 3 is 2.73 bits per heavy atom. The van der Waals surface area contributed by atoms with Gasteiger partial charge in [-0.1, -0.05) is 37.2 Å². The number of furan rings is 1. The number of nitrogens with one attached hydrogen (secondary N) is 1. The number of thioether (sulfide) groups is 1. The molecule has 0 fully saturated rings. The van der Waals surface area contributed by atoms with E-state index < -0.39 is 0 Å². The molecule has 3 rings (SSSR count). The number of benzene rings is 1. The summed E-state index contributed by atoms with van der Waals surface area (Å²) in [4.78, 5) is 12.2. The van der Waals surface area contributed by atoms with Gasteiger partial charge in [-0.3, -0.25) is 4.79 Å². The monoisotopic (exact) mass is 370 g/mol. The first-order valence-corrected chi connectivity index (χ1v) is 9.60. The van der Waals surface area contributed by atoms with Crippen LogP contribution in [-0.4, -0.2) is 26.4 Å². The molecular formula is C19H22N4O2S. The third kappa shape index (κ3) is 4.54. The summed E-state index contributed by atoms with van der Waals surface area (Å²) in [5.41, 5.74) is 2.11. The average molecular weight is 370 g/mol. The molecule has 1 N–H and O–H groups in total. The van der Waals surface area contributed by atoms with E-state index in [9.17, 15) is 4.79 Å². The van der Waals surface area contributed by atoms with Gasteiger partial charge in [0.05, 0.1) is 12.0 Å². The Kier molecular flexibility index (Phi) is 6.12. The summed E-state index contributed by atoms with van der Waals surface area (Å²) in [5.74, 6) is 1.49. The maximum atomic E-state index is 12.2. The van der Waals surface area contributed by atoms with Crippen molar-refractivity contribution in [1.82, 2.24) is 14.8 Å². The quantitative estimate of drug-likeness (QED) is 0.603. The zero-order valence-corrected chi connectivity index (χ0v) is 15.8. The van der Waals surface area contributed by atoms with E-state index in [1.54, 1.807) is 12.3 Å². The van der Waals surface area contributed by atoms with Crippen molar-refractivity contribution >= 4 is 23.4 Å². The molecule has 6 nitrogen and oxygen atoms in total. The summed E-state index contributed by atoms with van der Waals surface area (Å²) in [5, 5.41) is 11.8.